The van der Waals surface area contributed by atoms with E-state index in [4.69, 9.17) is 0 Å². The van der Waals surface area contributed by atoms with Gasteiger partial charge in [-0.15, -0.1) is 11.3 Å². The van der Waals surface area contributed by atoms with Crippen LogP contribution in [-0.2, 0) is 13.1 Å². The number of nitrogens with one attached hydrogen (secondary N) is 1. The first-order valence-electron chi connectivity index (χ1n) is 4.79. The monoisotopic (exact) mass is 240 g/mol. The second-order valence-corrected chi connectivity index (χ2v) is 4.21. The van der Waals surface area contributed by atoms with Crippen molar-refractivity contribution in [1.82, 2.24) is 10.3 Å². The molecule has 0 radical (unpaired) electrons. The maximum absolute atomic E-state index is 13.2. The van der Waals surface area contributed by atoms with Crippen LogP contribution in [0.4, 0.5) is 8.78 Å². The Kier molecular flexibility index (Phi) is 3.58. The zero-order valence-electron chi connectivity index (χ0n) is 8.41. The van der Waals surface area contributed by atoms with Crippen molar-refractivity contribution < 1.29 is 8.78 Å². The van der Waals surface area contributed by atoms with Gasteiger partial charge in [-0.2, -0.15) is 0 Å². The molecule has 1 aromatic carbocycles. The Morgan fingerprint density at radius 3 is 2.56 bits per heavy atom. The molecule has 2 rings (SSSR count). The molecule has 1 N–H and O–H groups in total. The molecule has 0 fully saturated rings. The molecule has 16 heavy (non-hydrogen) atoms. The van der Waals surface area contributed by atoms with Crippen molar-refractivity contribution in [3.63, 3.8) is 0 Å². The average molecular weight is 240 g/mol. The summed E-state index contributed by atoms with van der Waals surface area (Å²) in [5, 5.41) is 5.72. The standard InChI is InChI=1S/C11H10F2N2S/c12-9-2-1-3-10(13)8(9)6-14-7-11-15-4-5-16-11/h1-5,14H,6-7H2. The molecule has 0 bridgehead atoms. The topological polar surface area (TPSA) is 24.9 Å². The Labute approximate surface area is 96.0 Å². The third-order valence-corrected chi connectivity index (χ3v) is 2.90. The van der Waals surface area contributed by atoms with Gasteiger partial charge >= 0.3 is 0 Å². The predicted octanol–water partition coefficient (Wildman–Crippen LogP) is 2.71. The first kappa shape index (κ1) is 11.2. The van der Waals surface area contributed by atoms with Crippen molar-refractivity contribution in [2.75, 3.05) is 0 Å². The van der Waals surface area contributed by atoms with Crippen molar-refractivity contribution in [1.29, 1.82) is 0 Å². The highest BCUT2D eigenvalue weighted by Gasteiger charge is 2.07. The van der Waals surface area contributed by atoms with E-state index in [2.05, 4.69) is 10.3 Å². The summed E-state index contributed by atoms with van der Waals surface area (Å²) in [4.78, 5) is 4.06. The van der Waals surface area contributed by atoms with Crippen molar-refractivity contribution >= 4 is 11.3 Å². The van der Waals surface area contributed by atoms with Crippen LogP contribution in [0.15, 0.2) is 29.8 Å². The SMILES string of the molecule is Fc1cccc(F)c1CNCc1nccs1. The molecular formula is C11H10F2N2S. The van der Waals surface area contributed by atoms with E-state index in [0.29, 0.717) is 6.54 Å². The van der Waals surface area contributed by atoms with Crippen LogP contribution in [-0.4, -0.2) is 4.98 Å². The van der Waals surface area contributed by atoms with Gasteiger partial charge in [-0.1, -0.05) is 6.07 Å². The van der Waals surface area contributed by atoms with Gasteiger partial charge in [0.2, 0.25) is 0 Å². The van der Waals surface area contributed by atoms with Crippen molar-refractivity contribution in [2.45, 2.75) is 13.1 Å². The lowest BCUT2D eigenvalue weighted by molar-refractivity contribution is 0.535. The minimum atomic E-state index is -0.522. The Balaban J connectivity index is 1.95. The van der Waals surface area contributed by atoms with Crippen LogP contribution >= 0.6 is 11.3 Å². The highest BCUT2D eigenvalue weighted by molar-refractivity contribution is 7.09. The summed E-state index contributed by atoms with van der Waals surface area (Å²) in [6.45, 7) is 0.684. The summed E-state index contributed by atoms with van der Waals surface area (Å²) in [6, 6.07) is 3.86. The number of rotatable bonds is 4. The molecule has 0 spiro atoms. The van der Waals surface area contributed by atoms with Crippen LogP contribution in [0.25, 0.3) is 0 Å². The van der Waals surface area contributed by atoms with Crippen LogP contribution in [0, 0.1) is 11.6 Å². The van der Waals surface area contributed by atoms with Gasteiger partial charge in [0.1, 0.15) is 16.6 Å². The molecule has 0 saturated heterocycles. The molecule has 0 aliphatic rings. The summed E-state index contributed by atoms with van der Waals surface area (Å²) in [5.74, 6) is -1.04. The summed E-state index contributed by atoms with van der Waals surface area (Å²) < 4.78 is 26.4. The molecule has 5 heteroatoms. The molecule has 2 nitrogen and oxygen atoms in total. The fourth-order valence-corrected chi connectivity index (χ4v) is 1.92. The lowest BCUT2D eigenvalue weighted by Gasteiger charge is -2.05. The number of halogens is 2. The minimum absolute atomic E-state index is 0.0686. The lowest BCUT2D eigenvalue weighted by Crippen LogP contribution is -2.14. The number of nitrogens with zero attached hydrogens (tertiary/aromatic N) is 1. The maximum Gasteiger partial charge on any atom is 0.130 e. The van der Waals surface area contributed by atoms with E-state index in [0.717, 1.165) is 5.01 Å². The van der Waals surface area contributed by atoms with Gasteiger partial charge < -0.3 is 5.32 Å². The molecule has 0 aliphatic heterocycles. The quantitative estimate of drug-likeness (QED) is 0.888. The second-order valence-electron chi connectivity index (χ2n) is 3.23. The first-order valence-corrected chi connectivity index (χ1v) is 5.67. The molecule has 0 amide bonds. The predicted molar refractivity (Wildman–Crippen MR) is 59.0 cm³/mol. The second kappa shape index (κ2) is 5.14. The van der Waals surface area contributed by atoms with Gasteiger partial charge in [0, 0.05) is 30.2 Å². The fraction of sp³-hybridized carbons (Fsp3) is 0.182. The van der Waals surface area contributed by atoms with Crippen LogP contribution < -0.4 is 5.32 Å². The summed E-state index contributed by atoms with van der Waals surface area (Å²) in [7, 11) is 0. The van der Waals surface area contributed by atoms with Crippen LogP contribution in [0.3, 0.4) is 0 Å². The third-order valence-electron chi connectivity index (χ3n) is 2.12. The number of hydrogen-bond acceptors (Lipinski definition) is 3. The average Bonchev–Trinajstić information content (AvgIpc) is 2.75. The molecule has 0 saturated carbocycles. The number of hydrogen-bond donors (Lipinski definition) is 1. The maximum atomic E-state index is 13.2. The minimum Gasteiger partial charge on any atom is -0.306 e. The molecule has 84 valence electrons. The summed E-state index contributed by atoms with van der Waals surface area (Å²) in [6.07, 6.45) is 1.70. The zero-order chi connectivity index (χ0) is 11.4. The van der Waals surface area contributed by atoms with Crippen LogP contribution in [0.5, 0.6) is 0 Å². The molecule has 0 aliphatic carbocycles. The van der Waals surface area contributed by atoms with E-state index in [9.17, 15) is 8.78 Å². The molecule has 0 atom stereocenters. The smallest absolute Gasteiger partial charge is 0.130 e. The van der Waals surface area contributed by atoms with E-state index in [1.54, 1.807) is 6.20 Å². The molecule has 0 unspecified atom stereocenters. The van der Waals surface area contributed by atoms with Gasteiger partial charge in [0.25, 0.3) is 0 Å². The first-order chi connectivity index (χ1) is 7.77. The third kappa shape index (κ3) is 2.62. The molecule has 1 heterocycles. The van der Waals surface area contributed by atoms with Gasteiger partial charge in [-0.3, -0.25) is 0 Å². The van der Waals surface area contributed by atoms with Gasteiger partial charge in [-0.25, -0.2) is 13.8 Å². The number of thiazole rings is 1. The van der Waals surface area contributed by atoms with E-state index in [1.165, 1.54) is 29.5 Å². The van der Waals surface area contributed by atoms with Gasteiger partial charge in [-0.05, 0) is 12.1 Å². The Morgan fingerprint density at radius 2 is 1.94 bits per heavy atom. The summed E-state index contributed by atoms with van der Waals surface area (Å²) >= 11 is 1.51. The highest BCUT2D eigenvalue weighted by Crippen LogP contribution is 2.12. The van der Waals surface area contributed by atoms with Crippen LogP contribution in [0.1, 0.15) is 10.6 Å². The molecular weight excluding hydrogens is 230 g/mol. The Morgan fingerprint density at radius 1 is 1.19 bits per heavy atom. The summed E-state index contributed by atoms with van der Waals surface area (Å²) in [5.41, 5.74) is 0.0686. The largest absolute Gasteiger partial charge is 0.306 e. The Hall–Kier alpha value is -1.33. The Bertz CT molecular complexity index is 437. The van der Waals surface area contributed by atoms with Gasteiger partial charge in [0.15, 0.2) is 0 Å². The van der Waals surface area contributed by atoms with Crippen molar-refractivity contribution in [3.8, 4) is 0 Å². The molecule has 1 aromatic heterocycles. The van der Waals surface area contributed by atoms with E-state index in [-0.39, 0.29) is 12.1 Å². The zero-order valence-corrected chi connectivity index (χ0v) is 9.23. The normalized spacial score (nSPS) is 10.6. The van der Waals surface area contributed by atoms with E-state index >= 15 is 0 Å². The van der Waals surface area contributed by atoms with E-state index in [1.807, 2.05) is 5.38 Å². The van der Waals surface area contributed by atoms with Crippen molar-refractivity contribution in [2.24, 2.45) is 0 Å². The lowest BCUT2D eigenvalue weighted by atomic mass is 10.2. The van der Waals surface area contributed by atoms with Gasteiger partial charge in [0.05, 0.1) is 0 Å². The van der Waals surface area contributed by atoms with Crippen molar-refractivity contribution in [3.05, 3.63) is 52.0 Å². The fourth-order valence-electron chi connectivity index (χ4n) is 1.34. The molecule has 2 aromatic rings. The number of benzene rings is 1. The highest BCUT2D eigenvalue weighted by atomic mass is 32.1. The van der Waals surface area contributed by atoms with E-state index < -0.39 is 11.6 Å². The number of aromatic nitrogens is 1. The van der Waals surface area contributed by atoms with Crippen LogP contribution in [0.2, 0.25) is 0 Å².